The van der Waals surface area contributed by atoms with Crippen molar-refractivity contribution < 1.29 is 9.90 Å². The minimum Gasteiger partial charge on any atom is -0.481 e. The minimum absolute atomic E-state index is 0.0624. The van der Waals surface area contributed by atoms with Crippen molar-refractivity contribution in [3.63, 3.8) is 0 Å². The molecule has 0 spiro atoms. The van der Waals surface area contributed by atoms with E-state index in [0.717, 1.165) is 44.3 Å². The van der Waals surface area contributed by atoms with Crippen molar-refractivity contribution in [3.8, 4) is 0 Å². The van der Waals surface area contributed by atoms with E-state index in [9.17, 15) is 9.90 Å². The van der Waals surface area contributed by atoms with Gasteiger partial charge in [0.15, 0.2) is 5.82 Å². The SMILES string of the molecule is CCC1(c2nnnn2CC2(C(=O)O)CCC2)CCCC1. The molecule has 1 N–H and O–H groups in total. The zero-order chi connectivity index (χ0) is 14.2. The summed E-state index contributed by atoms with van der Waals surface area (Å²) in [4.78, 5) is 11.5. The number of aromatic nitrogens is 4. The maximum atomic E-state index is 11.5. The monoisotopic (exact) mass is 278 g/mol. The van der Waals surface area contributed by atoms with Gasteiger partial charge >= 0.3 is 5.97 Å². The number of hydrogen-bond acceptors (Lipinski definition) is 4. The Morgan fingerprint density at radius 2 is 1.95 bits per heavy atom. The summed E-state index contributed by atoms with van der Waals surface area (Å²) in [6.45, 7) is 2.60. The lowest BCUT2D eigenvalue weighted by Gasteiger charge is -2.38. The fourth-order valence-electron chi connectivity index (χ4n) is 3.81. The van der Waals surface area contributed by atoms with Crippen LogP contribution in [0.1, 0.15) is 64.1 Å². The molecule has 0 radical (unpaired) electrons. The van der Waals surface area contributed by atoms with Gasteiger partial charge < -0.3 is 5.11 Å². The summed E-state index contributed by atoms with van der Waals surface area (Å²) in [7, 11) is 0. The van der Waals surface area contributed by atoms with Gasteiger partial charge in [0.05, 0.1) is 12.0 Å². The lowest BCUT2D eigenvalue weighted by molar-refractivity contribution is -0.156. The summed E-state index contributed by atoms with van der Waals surface area (Å²) < 4.78 is 1.78. The van der Waals surface area contributed by atoms with Gasteiger partial charge in [-0.15, -0.1) is 5.10 Å². The third-order valence-electron chi connectivity index (χ3n) is 5.46. The van der Waals surface area contributed by atoms with Crippen LogP contribution in [0, 0.1) is 5.41 Å². The van der Waals surface area contributed by atoms with Crippen molar-refractivity contribution in [2.45, 2.75) is 70.3 Å². The Labute approximate surface area is 118 Å². The fourth-order valence-corrected chi connectivity index (χ4v) is 3.81. The van der Waals surface area contributed by atoms with Crippen LogP contribution in [0.4, 0.5) is 0 Å². The van der Waals surface area contributed by atoms with Gasteiger partial charge in [-0.1, -0.05) is 26.2 Å². The van der Waals surface area contributed by atoms with E-state index in [-0.39, 0.29) is 5.41 Å². The molecule has 0 bridgehead atoms. The molecule has 20 heavy (non-hydrogen) atoms. The molecule has 0 unspecified atom stereocenters. The molecule has 0 aromatic carbocycles. The van der Waals surface area contributed by atoms with Gasteiger partial charge in [0.2, 0.25) is 0 Å². The molecule has 2 fully saturated rings. The molecular formula is C14H22N4O2. The van der Waals surface area contributed by atoms with Crippen molar-refractivity contribution in [2.24, 2.45) is 5.41 Å². The van der Waals surface area contributed by atoms with E-state index >= 15 is 0 Å². The summed E-state index contributed by atoms with van der Waals surface area (Å²) in [6.07, 6.45) is 8.14. The van der Waals surface area contributed by atoms with E-state index in [2.05, 4.69) is 22.4 Å². The van der Waals surface area contributed by atoms with Gasteiger partial charge in [0.25, 0.3) is 0 Å². The Bertz CT molecular complexity index is 501. The lowest BCUT2D eigenvalue weighted by atomic mass is 9.68. The number of rotatable bonds is 5. The van der Waals surface area contributed by atoms with Crippen molar-refractivity contribution in [2.75, 3.05) is 0 Å². The Morgan fingerprint density at radius 3 is 2.45 bits per heavy atom. The van der Waals surface area contributed by atoms with Gasteiger partial charge in [-0.05, 0) is 42.5 Å². The number of aliphatic carboxylic acids is 1. The van der Waals surface area contributed by atoms with Crippen LogP contribution in [0.2, 0.25) is 0 Å². The van der Waals surface area contributed by atoms with E-state index in [1.165, 1.54) is 12.8 Å². The van der Waals surface area contributed by atoms with Gasteiger partial charge in [-0.25, -0.2) is 4.68 Å². The molecule has 2 aliphatic rings. The third kappa shape index (κ3) is 1.93. The summed E-state index contributed by atoms with van der Waals surface area (Å²) in [5.41, 5.74) is -0.579. The average molecular weight is 278 g/mol. The highest BCUT2D eigenvalue weighted by Gasteiger charge is 2.47. The van der Waals surface area contributed by atoms with Crippen LogP contribution in [-0.2, 0) is 16.8 Å². The second kappa shape index (κ2) is 4.82. The molecule has 0 saturated heterocycles. The minimum atomic E-state index is -0.706. The Hall–Kier alpha value is -1.46. The van der Waals surface area contributed by atoms with Crippen LogP contribution in [0.15, 0.2) is 0 Å². The van der Waals surface area contributed by atoms with Crippen LogP contribution >= 0.6 is 0 Å². The van der Waals surface area contributed by atoms with Gasteiger partial charge in [-0.2, -0.15) is 0 Å². The van der Waals surface area contributed by atoms with Crippen molar-refractivity contribution in [3.05, 3.63) is 5.82 Å². The normalized spacial score (nSPS) is 23.4. The molecule has 6 heteroatoms. The van der Waals surface area contributed by atoms with Crippen molar-refractivity contribution in [1.29, 1.82) is 0 Å². The zero-order valence-electron chi connectivity index (χ0n) is 12.0. The van der Waals surface area contributed by atoms with Crippen LogP contribution in [0.5, 0.6) is 0 Å². The molecule has 2 aliphatic carbocycles. The van der Waals surface area contributed by atoms with E-state index in [1.54, 1.807) is 4.68 Å². The second-order valence-corrected chi connectivity index (χ2v) is 6.44. The topological polar surface area (TPSA) is 80.9 Å². The molecule has 1 heterocycles. The first-order chi connectivity index (χ1) is 9.62. The maximum absolute atomic E-state index is 11.5. The standard InChI is InChI=1S/C14H22N4O2/c1-2-13(6-3-4-7-13)11-15-16-17-18(11)10-14(12(19)20)8-5-9-14/h2-10H2,1H3,(H,19,20). The molecule has 0 atom stereocenters. The van der Waals surface area contributed by atoms with E-state index in [0.29, 0.717) is 6.54 Å². The number of tetrazole rings is 1. The van der Waals surface area contributed by atoms with E-state index in [4.69, 9.17) is 0 Å². The zero-order valence-corrected chi connectivity index (χ0v) is 12.0. The third-order valence-corrected chi connectivity index (χ3v) is 5.46. The van der Waals surface area contributed by atoms with Crippen molar-refractivity contribution >= 4 is 5.97 Å². The summed E-state index contributed by atoms with van der Waals surface area (Å²) in [5, 5.41) is 21.7. The average Bonchev–Trinajstić information content (AvgIpc) is 3.02. The molecule has 6 nitrogen and oxygen atoms in total. The Balaban J connectivity index is 1.89. The molecule has 0 aliphatic heterocycles. The maximum Gasteiger partial charge on any atom is 0.311 e. The van der Waals surface area contributed by atoms with E-state index < -0.39 is 11.4 Å². The predicted molar refractivity (Wildman–Crippen MR) is 72.2 cm³/mol. The van der Waals surface area contributed by atoms with E-state index in [1.807, 2.05) is 0 Å². The van der Waals surface area contributed by atoms with Crippen LogP contribution in [-0.4, -0.2) is 31.3 Å². The van der Waals surface area contributed by atoms with Gasteiger partial charge in [-0.3, -0.25) is 4.79 Å². The summed E-state index contributed by atoms with van der Waals surface area (Å²) in [6, 6.07) is 0. The van der Waals surface area contributed by atoms with Crippen LogP contribution in [0.25, 0.3) is 0 Å². The van der Waals surface area contributed by atoms with Crippen LogP contribution < -0.4 is 0 Å². The molecule has 110 valence electrons. The first-order valence-corrected chi connectivity index (χ1v) is 7.62. The molecule has 0 amide bonds. The van der Waals surface area contributed by atoms with Crippen LogP contribution in [0.3, 0.4) is 0 Å². The predicted octanol–water partition coefficient (Wildman–Crippen LogP) is 2.15. The first-order valence-electron chi connectivity index (χ1n) is 7.62. The quantitative estimate of drug-likeness (QED) is 0.892. The highest BCUT2D eigenvalue weighted by atomic mass is 16.4. The lowest BCUT2D eigenvalue weighted by Crippen LogP contribution is -2.43. The largest absolute Gasteiger partial charge is 0.481 e. The molecule has 3 rings (SSSR count). The second-order valence-electron chi connectivity index (χ2n) is 6.44. The fraction of sp³-hybridized carbons (Fsp3) is 0.857. The Kier molecular flexibility index (Phi) is 3.26. The summed E-state index contributed by atoms with van der Waals surface area (Å²) in [5.74, 6) is 0.201. The van der Waals surface area contributed by atoms with Crippen molar-refractivity contribution in [1.82, 2.24) is 20.2 Å². The number of nitrogens with zero attached hydrogens (tertiary/aromatic N) is 4. The van der Waals surface area contributed by atoms with Gasteiger partial charge in [0, 0.05) is 5.41 Å². The number of carboxylic acids is 1. The number of carboxylic acid groups (broad SMARTS) is 1. The molecule has 2 saturated carbocycles. The highest BCUT2D eigenvalue weighted by Crippen LogP contribution is 2.45. The summed E-state index contributed by atoms with van der Waals surface area (Å²) >= 11 is 0. The smallest absolute Gasteiger partial charge is 0.311 e. The first kappa shape index (κ1) is 13.5. The number of hydrogen-bond donors (Lipinski definition) is 1. The van der Waals surface area contributed by atoms with Gasteiger partial charge in [0.1, 0.15) is 0 Å². The highest BCUT2D eigenvalue weighted by molar-refractivity contribution is 5.75. The molecular weight excluding hydrogens is 256 g/mol. The number of carbonyl (C=O) groups is 1. The Morgan fingerprint density at radius 1 is 1.25 bits per heavy atom. The molecule has 1 aromatic heterocycles. The molecule has 1 aromatic rings.